The Balaban J connectivity index is 2.22. The first kappa shape index (κ1) is 5.73. The number of nitrogens with one attached hydrogen (secondary N) is 1. The van der Waals surface area contributed by atoms with Crippen LogP contribution in [0, 0.1) is 0 Å². The smallest absolute Gasteiger partial charge is 0.119 e. The van der Waals surface area contributed by atoms with Crippen molar-refractivity contribution in [2.45, 2.75) is 6.42 Å². The zero-order valence-corrected chi connectivity index (χ0v) is 5.67. The molecule has 2 aliphatic rings. The van der Waals surface area contributed by atoms with E-state index >= 15 is 0 Å². The van der Waals surface area contributed by atoms with Crippen molar-refractivity contribution in [1.29, 1.82) is 0 Å². The van der Waals surface area contributed by atoms with Crippen LogP contribution in [0.4, 0.5) is 0 Å². The third kappa shape index (κ3) is 0.769. The molecule has 2 heterocycles. The average molecular weight is 138 g/mol. The van der Waals surface area contributed by atoms with Crippen molar-refractivity contribution >= 4 is 5.84 Å². The van der Waals surface area contributed by atoms with Gasteiger partial charge in [-0.3, -0.25) is 10.0 Å². The van der Waals surface area contributed by atoms with Crippen LogP contribution in [0.1, 0.15) is 6.42 Å². The number of amidine groups is 1. The fourth-order valence-electron chi connectivity index (χ4n) is 1.16. The predicted molar refractivity (Wildman–Crippen MR) is 39.0 cm³/mol. The zero-order chi connectivity index (χ0) is 6.97. The quantitative estimate of drug-likeness (QED) is 0.470. The highest BCUT2D eigenvalue weighted by atomic mass is 15.5. The topological polar surface area (TPSA) is 53.6 Å². The molecule has 2 aliphatic heterocycles. The summed E-state index contributed by atoms with van der Waals surface area (Å²) in [5.74, 6) is 1.11. The third-order valence-corrected chi connectivity index (χ3v) is 1.65. The summed E-state index contributed by atoms with van der Waals surface area (Å²) in [7, 11) is 0. The van der Waals surface area contributed by atoms with Crippen LogP contribution in [0.25, 0.3) is 0 Å². The van der Waals surface area contributed by atoms with E-state index in [1.54, 1.807) is 0 Å². The molecular weight excluding hydrogens is 128 g/mol. The molecule has 0 bridgehead atoms. The molecule has 4 heteroatoms. The molecule has 10 heavy (non-hydrogen) atoms. The van der Waals surface area contributed by atoms with Crippen LogP contribution >= 0.6 is 0 Å². The van der Waals surface area contributed by atoms with E-state index in [1.807, 2.05) is 11.2 Å². The summed E-state index contributed by atoms with van der Waals surface area (Å²) >= 11 is 0. The van der Waals surface area contributed by atoms with Crippen LogP contribution in [-0.2, 0) is 0 Å². The Bertz CT molecular complexity index is 206. The number of nitrogens with zero attached hydrogens (tertiary/aromatic N) is 2. The molecule has 0 aromatic rings. The van der Waals surface area contributed by atoms with E-state index in [1.165, 1.54) is 0 Å². The Morgan fingerprint density at radius 2 is 2.60 bits per heavy atom. The van der Waals surface area contributed by atoms with E-state index in [0.29, 0.717) is 6.54 Å². The molecule has 0 atom stereocenters. The highest BCUT2D eigenvalue weighted by molar-refractivity contribution is 5.85. The van der Waals surface area contributed by atoms with Gasteiger partial charge in [-0.15, -0.1) is 0 Å². The summed E-state index contributed by atoms with van der Waals surface area (Å²) in [6, 6.07) is 0. The van der Waals surface area contributed by atoms with E-state index in [2.05, 4.69) is 10.4 Å². The SMILES string of the molecule is NC1=CN2NCCC2=NC1. The van der Waals surface area contributed by atoms with Gasteiger partial charge in [0.05, 0.1) is 6.54 Å². The van der Waals surface area contributed by atoms with Crippen LogP contribution in [-0.4, -0.2) is 23.9 Å². The summed E-state index contributed by atoms with van der Waals surface area (Å²) in [6.07, 6.45) is 2.92. The molecule has 0 amide bonds. The highest BCUT2D eigenvalue weighted by Crippen LogP contribution is 2.08. The van der Waals surface area contributed by atoms with Crippen molar-refractivity contribution in [3.8, 4) is 0 Å². The molecular formula is C6H10N4. The van der Waals surface area contributed by atoms with Gasteiger partial charge in [0.1, 0.15) is 5.84 Å². The van der Waals surface area contributed by atoms with Crippen molar-refractivity contribution in [2.75, 3.05) is 13.1 Å². The van der Waals surface area contributed by atoms with Crippen LogP contribution in [0.2, 0.25) is 0 Å². The lowest BCUT2D eigenvalue weighted by atomic mass is 10.3. The molecule has 1 fully saturated rings. The molecule has 1 saturated heterocycles. The summed E-state index contributed by atoms with van der Waals surface area (Å²) in [6.45, 7) is 1.64. The minimum atomic E-state index is 0.660. The molecule has 2 rings (SSSR count). The van der Waals surface area contributed by atoms with Crippen LogP contribution in [0.15, 0.2) is 16.9 Å². The average Bonchev–Trinajstić information content (AvgIpc) is 2.33. The minimum absolute atomic E-state index is 0.660. The largest absolute Gasteiger partial charge is 0.399 e. The lowest BCUT2D eigenvalue weighted by Gasteiger charge is -2.18. The number of hydrogen-bond acceptors (Lipinski definition) is 4. The molecule has 54 valence electrons. The number of hydrazine groups is 1. The number of fused-ring (bicyclic) bond motifs is 1. The second-order valence-electron chi connectivity index (χ2n) is 2.46. The van der Waals surface area contributed by atoms with Gasteiger partial charge in [-0.25, -0.2) is 5.43 Å². The number of hydrogen-bond donors (Lipinski definition) is 2. The predicted octanol–water partition coefficient (Wildman–Crippen LogP) is -0.591. The Kier molecular flexibility index (Phi) is 1.14. The molecule has 0 spiro atoms. The summed E-state index contributed by atoms with van der Waals surface area (Å²) in [4.78, 5) is 4.26. The van der Waals surface area contributed by atoms with Gasteiger partial charge in [0, 0.05) is 24.9 Å². The third-order valence-electron chi connectivity index (χ3n) is 1.65. The van der Waals surface area contributed by atoms with Crippen molar-refractivity contribution in [2.24, 2.45) is 10.7 Å². The summed E-state index contributed by atoms with van der Waals surface area (Å²) < 4.78 is 0. The highest BCUT2D eigenvalue weighted by Gasteiger charge is 2.18. The Morgan fingerprint density at radius 3 is 3.50 bits per heavy atom. The molecule has 0 aromatic heterocycles. The Morgan fingerprint density at radius 1 is 1.70 bits per heavy atom. The minimum Gasteiger partial charge on any atom is -0.399 e. The molecule has 0 saturated carbocycles. The van der Waals surface area contributed by atoms with Gasteiger partial charge in [0.15, 0.2) is 0 Å². The molecule has 0 aliphatic carbocycles. The van der Waals surface area contributed by atoms with Gasteiger partial charge in [-0.1, -0.05) is 0 Å². The van der Waals surface area contributed by atoms with Gasteiger partial charge < -0.3 is 5.73 Å². The van der Waals surface area contributed by atoms with E-state index in [0.717, 1.165) is 24.5 Å². The molecule has 0 radical (unpaired) electrons. The van der Waals surface area contributed by atoms with Crippen LogP contribution in [0.3, 0.4) is 0 Å². The maximum atomic E-state index is 5.56. The second kappa shape index (κ2) is 1.98. The van der Waals surface area contributed by atoms with E-state index < -0.39 is 0 Å². The first-order valence-electron chi connectivity index (χ1n) is 3.38. The first-order chi connectivity index (χ1) is 4.86. The molecule has 0 unspecified atom stereocenters. The fraction of sp³-hybridized carbons (Fsp3) is 0.500. The standard InChI is InChI=1S/C6H10N4/c7-5-3-8-6-1-2-9-10(6)4-5/h4,9H,1-3,7H2. The fourth-order valence-corrected chi connectivity index (χ4v) is 1.16. The molecule has 0 aromatic carbocycles. The van der Waals surface area contributed by atoms with Gasteiger partial charge in [-0.05, 0) is 0 Å². The lowest BCUT2D eigenvalue weighted by molar-refractivity contribution is 0.451. The van der Waals surface area contributed by atoms with Crippen molar-refractivity contribution < 1.29 is 0 Å². The molecule has 3 N–H and O–H groups in total. The first-order valence-corrected chi connectivity index (χ1v) is 3.38. The summed E-state index contributed by atoms with van der Waals surface area (Å²) in [5.41, 5.74) is 9.52. The summed E-state index contributed by atoms with van der Waals surface area (Å²) in [5, 5.41) is 1.90. The van der Waals surface area contributed by atoms with Gasteiger partial charge >= 0.3 is 0 Å². The lowest BCUT2D eigenvalue weighted by Crippen LogP contribution is -2.33. The van der Waals surface area contributed by atoms with Crippen LogP contribution < -0.4 is 11.2 Å². The van der Waals surface area contributed by atoms with Crippen molar-refractivity contribution in [3.05, 3.63) is 11.9 Å². The normalized spacial score (nSPS) is 23.8. The maximum Gasteiger partial charge on any atom is 0.119 e. The number of nitrogens with two attached hydrogens (primary N) is 1. The maximum absolute atomic E-state index is 5.56. The number of rotatable bonds is 0. The number of aliphatic imine (C=N–C) groups is 1. The second-order valence-corrected chi connectivity index (χ2v) is 2.46. The Hall–Kier alpha value is -1.03. The van der Waals surface area contributed by atoms with E-state index in [9.17, 15) is 0 Å². The zero-order valence-electron chi connectivity index (χ0n) is 5.67. The van der Waals surface area contributed by atoms with Gasteiger partial charge in [0.25, 0.3) is 0 Å². The van der Waals surface area contributed by atoms with Crippen LogP contribution in [0.5, 0.6) is 0 Å². The monoisotopic (exact) mass is 138 g/mol. The Labute approximate surface area is 59.4 Å². The van der Waals surface area contributed by atoms with E-state index in [4.69, 9.17) is 5.73 Å². The van der Waals surface area contributed by atoms with E-state index in [-0.39, 0.29) is 0 Å². The van der Waals surface area contributed by atoms with Crippen molar-refractivity contribution in [1.82, 2.24) is 10.4 Å². The van der Waals surface area contributed by atoms with Crippen molar-refractivity contribution in [3.63, 3.8) is 0 Å². The molecule has 4 nitrogen and oxygen atoms in total. The van der Waals surface area contributed by atoms with Gasteiger partial charge in [-0.2, -0.15) is 0 Å². The van der Waals surface area contributed by atoms with Gasteiger partial charge in [0.2, 0.25) is 0 Å².